The topological polar surface area (TPSA) is 43.3 Å². The van der Waals surface area contributed by atoms with Crippen molar-refractivity contribution in [1.29, 1.82) is 0 Å². The predicted molar refractivity (Wildman–Crippen MR) is 121 cm³/mol. The van der Waals surface area contributed by atoms with Crippen LogP contribution in [0.25, 0.3) is 0 Å². The number of halogens is 1. The van der Waals surface area contributed by atoms with Crippen LogP contribution >= 0.6 is 11.6 Å². The second-order valence-corrected chi connectivity index (χ2v) is 7.93. The van der Waals surface area contributed by atoms with Gasteiger partial charge in [0, 0.05) is 17.0 Å². The Morgan fingerprint density at radius 1 is 1.06 bits per heavy atom. The van der Waals surface area contributed by atoms with Gasteiger partial charge in [-0.15, -0.1) is 0 Å². The monoisotopic (exact) mass is 434 g/mol. The summed E-state index contributed by atoms with van der Waals surface area (Å²) >= 11 is 6.33. The summed E-state index contributed by atoms with van der Waals surface area (Å²) in [6, 6.07) is 21.8. The van der Waals surface area contributed by atoms with Crippen molar-refractivity contribution >= 4 is 17.3 Å². The van der Waals surface area contributed by atoms with Gasteiger partial charge in [-0.05, 0) is 67.1 Å². The highest BCUT2D eigenvalue weighted by molar-refractivity contribution is 6.30. The molecule has 5 rings (SSSR count). The third-order valence-electron chi connectivity index (χ3n) is 5.66. The molecular weight excluding hydrogens is 412 g/mol. The van der Waals surface area contributed by atoms with Crippen LogP contribution in [0.2, 0.25) is 5.02 Å². The molecule has 0 aromatic heterocycles. The summed E-state index contributed by atoms with van der Waals surface area (Å²) in [7, 11) is 1.67. The number of methoxy groups -OCH3 is 1. The van der Waals surface area contributed by atoms with Gasteiger partial charge in [-0.2, -0.15) is 5.10 Å². The van der Waals surface area contributed by atoms with Crippen LogP contribution < -0.4 is 14.2 Å². The quantitative estimate of drug-likeness (QED) is 0.494. The standard InChI is InChI=1S/C25H23ClN2O3/c1-3-30-23-7-5-4-6-19(23)25-28-22(20-14-17(26)10-13-24(20)31-25)15-21(27-28)16-8-11-18(29-2)12-9-16/h4-14,22,25H,3,15H2,1-2H3/t22-,25-/m1/s1. The maximum absolute atomic E-state index is 6.45. The summed E-state index contributed by atoms with van der Waals surface area (Å²) in [4.78, 5) is 0. The fourth-order valence-corrected chi connectivity index (χ4v) is 4.37. The van der Waals surface area contributed by atoms with Crippen LogP contribution in [0.4, 0.5) is 0 Å². The number of hydrogen-bond donors (Lipinski definition) is 0. The predicted octanol–water partition coefficient (Wildman–Crippen LogP) is 5.99. The largest absolute Gasteiger partial charge is 0.497 e. The van der Waals surface area contributed by atoms with E-state index in [0.717, 1.165) is 46.1 Å². The van der Waals surface area contributed by atoms with Crippen molar-refractivity contribution in [3.8, 4) is 17.2 Å². The van der Waals surface area contributed by atoms with E-state index in [1.807, 2.05) is 78.7 Å². The van der Waals surface area contributed by atoms with Crippen LogP contribution in [-0.2, 0) is 0 Å². The van der Waals surface area contributed by atoms with Crippen molar-refractivity contribution < 1.29 is 14.2 Å². The second-order valence-electron chi connectivity index (χ2n) is 7.50. The lowest BCUT2D eigenvalue weighted by atomic mass is 9.95. The number of ether oxygens (including phenoxy) is 3. The lowest BCUT2D eigenvalue weighted by Crippen LogP contribution is -2.34. The van der Waals surface area contributed by atoms with Crippen molar-refractivity contribution in [2.45, 2.75) is 25.6 Å². The first-order valence-corrected chi connectivity index (χ1v) is 10.7. The molecule has 3 aromatic rings. The third-order valence-corrected chi connectivity index (χ3v) is 5.90. The van der Waals surface area contributed by atoms with E-state index in [0.29, 0.717) is 11.6 Å². The molecule has 0 bridgehead atoms. The fourth-order valence-electron chi connectivity index (χ4n) is 4.19. The Morgan fingerprint density at radius 2 is 1.87 bits per heavy atom. The van der Waals surface area contributed by atoms with E-state index in [2.05, 4.69) is 0 Å². The minimum Gasteiger partial charge on any atom is -0.497 e. The molecule has 2 heterocycles. The zero-order valence-corrected chi connectivity index (χ0v) is 18.2. The summed E-state index contributed by atoms with van der Waals surface area (Å²) in [5.41, 5.74) is 4.07. The highest BCUT2D eigenvalue weighted by Gasteiger charge is 2.42. The molecule has 0 N–H and O–H groups in total. The molecule has 2 aliphatic heterocycles. The Bertz CT molecular complexity index is 1130. The first-order valence-electron chi connectivity index (χ1n) is 10.4. The number of para-hydroxylation sites is 1. The molecule has 158 valence electrons. The van der Waals surface area contributed by atoms with Crippen LogP contribution in [0.15, 0.2) is 71.8 Å². The summed E-state index contributed by atoms with van der Waals surface area (Å²) in [5, 5.41) is 7.73. The molecule has 3 aromatic carbocycles. The molecule has 0 saturated heterocycles. The van der Waals surface area contributed by atoms with E-state index < -0.39 is 6.23 Å². The number of hydrazone groups is 1. The average Bonchev–Trinajstić information content (AvgIpc) is 3.25. The van der Waals surface area contributed by atoms with Crippen molar-refractivity contribution in [1.82, 2.24) is 5.01 Å². The highest BCUT2D eigenvalue weighted by Crippen LogP contribution is 2.49. The molecule has 0 amide bonds. The van der Waals surface area contributed by atoms with Crippen molar-refractivity contribution in [3.05, 3.63) is 88.4 Å². The normalized spacial score (nSPS) is 19.2. The maximum Gasteiger partial charge on any atom is 0.217 e. The number of rotatable bonds is 5. The Balaban J connectivity index is 1.59. The first-order chi connectivity index (χ1) is 15.2. The first kappa shape index (κ1) is 19.8. The molecule has 6 heteroatoms. The summed E-state index contributed by atoms with van der Waals surface area (Å²) in [6.07, 6.45) is 0.369. The molecule has 0 radical (unpaired) electrons. The van der Waals surface area contributed by atoms with Crippen LogP contribution in [0.1, 0.15) is 42.3 Å². The lowest BCUT2D eigenvalue weighted by molar-refractivity contribution is -0.0205. The number of hydrogen-bond acceptors (Lipinski definition) is 5. The summed E-state index contributed by atoms with van der Waals surface area (Å²) in [5.74, 6) is 2.46. The lowest BCUT2D eigenvalue weighted by Gasteiger charge is -2.38. The Hall–Kier alpha value is -3.18. The van der Waals surface area contributed by atoms with E-state index in [-0.39, 0.29) is 6.04 Å². The van der Waals surface area contributed by atoms with Gasteiger partial charge < -0.3 is 14.2 Å². The van der Waals surface area contributed by atoms with Gasteiger partial charge in [0.1, 0.15) is 17.2 Å². The molecule has 2 aliphatic rings. The van der Waals surface area contributed by atoms with Gasteiger partial charge in [0.25, 0.3) is 0 Å². The molecule has 0 spiro atoms. The molecular formula is C25H23ClN2O3. The minimum absolute atomic E-state index is 0.0271. The number of fused-ring (bicyclic) bond motifs is 3. The van der Waals surface area contributed by atoms with E-state index >= 15 is 0 Å². The highest BCUT2D eigenvalue weighted by atomic mass is 35.5. The van der Waals surface area contributed by atoms with Gasteiger partial charge in [0.05, 0.1) is 31.0 Å². The zero-order chi connectivity index (χ0) is 21.4. The SMILES string of the molecule is CCOc1ccccc1[C@H]1Oc2ccc(Cl)cc2[C@H]2CC(c3ccc(OC)cc3)=NN21. The summed E-state index contributed by atoms with van der Waals surface area (Å²) in [6.45, 7) is 2.56. The molecule has 0 fully saturated rings. The van der Waals surface area contributed by atoms with Gasteiger partial charge >= 0.3 is 0 Å². The molecule has 0 saturated carbocycles. The summed E-state index contributed by atoms with van der Waals surface area (Å²) < 4.78 is 17.6. The molecule has 31 heavy (non-hydrogen) atoms. The average molecular weight is 435 g/mol. The number of nitrogens with zero attached hydrogens (tertiary/aromatic N) is 2. The molecule has 0 aliphatic carbocycles. The van der Waals surface area contributed by atoms with Gasteiger partial charge in [-0.3, -0.25) is 0 Å². The van der Waals surface area contributed by atoms with Crippen LogP contribution in [0, 0.1) is 0 Å². The Morgan fingerprint density at radius 3 is 2.65 bits per heavy atom. The Labute approximate surface area is 186 Å². The fraction of sp³-hybridized carbons (Fsp3) is 0.240. The Kier molecular flexibility index (Phi) is 5.20. The van der Waals surface area contributed by atoms with Gasteiger partial charge in [0.15, 0.2) is 0 Å². The van der Waals surface area contributed by atoms with Crippen LogP contribution in [-0.4, -0.2) is 24.4 Å². The zero-order valence-electron chi connectivity index (χ0n) is 17.4. The van der Waals surface area contributed by atoms with E-state index in [4.69, 9.17) is 30.9 Å². The molecule has 5 nitrogen and oxygen atoms in total. The van der Waals surface area contributed by atoms with E-state index in [1.165, 1.54) is 0 Å². The molecule has 0 unspecified atom stereocenters. The van der Waals surface area contributed by atoms with E-state index in [1.54, 1.807) is 7.11 Å². The maximum atomic E-state index is 6.45. The smallest absolute Gasteiger partial charge is 0.217 e. The van der Waals surface area contributed by atoms with E-state index in [9.17, 15) is 0 Å². The number of benzene rings is 3. The second kappa shape index (κ2) is 8.16. The third kappa shape index (κ3) is 3.59. The van der Waals surface area contributed by atoms with Crippen molar-refractivity contribution in [2.24, 2.45) is 5.10 Å². The van der Waals surface area contributed by atoms with Crippen LogP contribution in [0.5, 0.6) is 17.2 Å². The minimum atomic E-state index is -0.392. The van der Waals surface area contributed by atoms with Gasteiger partial charge in [-0.1, -0.05) is 23.7 Å². The van der Waals surface area contributed by atoms with Gasteiger partial charge in [0.2, 0.25) is 6.23 Å². The van der Waals surface area contributed by atoms with Crippen molar-refractivity contribution in [2.75, 3.05) is 13.7 Å². The van der Waals surface area contributed by atoms with Crippen molar-refractivity contribution in [3.63, 3.8) is 0 Å². The van der Waals surface area contributed by atoms with Gasteiger partial charge in [-0.25, -0.2) is 5.01 Å². The molecule has 2 atom stereocenters. The van der Waals surface area contributed by atoms with Crippen LogP contribution in [0.3, 0.4) is 0 Å².